The van der Waals surface area contributed by atoms with Crippen molar-refractivity contribution < 1.29 is 0 Å². The van der Waals surface area contributed by atoms with Crippen molar-refractivity contribution in [3.63, 3.8) is 0 Å². The van der Waals surface area contributed by atoms with E-state index in [1.54, 1.807) is 0 Å². The normalized spacial score (nSPS) is 15.4. The zero-order valence-corrected chi connectivity index (χ0v) is 16.5. The van der Waals surface area contributed by atoms with Crippen LogP contribution in [0.2, 0.25) is 0 Å². The highest BCUT2D eigenvalue weighted by molar-refractivity contribution is 5.49. The molecular formula is C26H30N2. The minimum Gasteiger partial charge on any atom is -0.256 e. The van der Waals surface area contributed by atoms with Gasteiger partial charge in [0.1, 0.15) is 5.54 Å². The summed E-state index contributed by atoms with van der Waals surface area (Å²) >= 11 is 0. The fraction of sp³-hybridized carbons (Fsp3) is 0.308. The van der Waals surface area contributed by atoms with Gasteiger partial charge >= 0.3 is 0 Å². The topological polar surface area (TPSA) is 24.1 Å². The molecule has 3 aromatic rings. The van der Waals surface area contributed by atoms with E-state index in [9.17, 15) is 0 Å². The lowest BCUT2D eigenvalue weighted by atomic mass is 9.77. The Hall–Kier alpha value is -2.42. The molecule has 1 fully saturated rings. The maximum atomic E-state index is 3.78. The van der Waals surface area contributed by atoms with Crippen molar-refractivity contribution in [2.24, 2.45) is 5.92 Å². The molecule has 0 atom stereocenters. The van der Waals surface area contributed by atoms with Gasteiger partial charge in [0.2, 0.25) is 0 Å². The number of hydrogen-bond donors (Lipinski definition) is 2. The van der Waals surface area contributed by atoms with Crippen molar-refractivity contribution in [1.82, 2.24) is 10.9 Å². The van der Waals surface area contributed by atoms with Crippen LogP contribution in [0.25, 0.3) is 0 Å². The van der Waals surface area contributed by atoms with Gasteiger partial charge in [0.15, 0.2) is 0 Å². The van der Waals surface area contributed by atoms with E-state index in [1.165, 1.54) is 48.8 Å². The van der Waals surface area contributed by atoms with E-state index in [1.807, 2.05) is 0 Å². The number of rotatable bonds is 7. The highest BCUT2D eigenvalue weighted by atomic mass is 15.4. The van der Waals surface area contributed by atoms with E-state index in [2.05, 4.69) is 102 Å². The molecule has 0 spiro atoms. The molecule has 28 heavy (non-hydrogen) atoms. The van der Waals surface area contributed by atoms with E-state index in [0.29, 0.717) is 0 Å². The van der Waals surface area contributed by atoms with Crippen LogP contribution >= 0.6 is 0 Å². The summed E-state index contributed by atoms with van der Waals surface area (Å²) in [5.41, 5.74) is 10.7. The zero-order valence-electron chi connectivity index (χ0n) is 16.5. The first-order chi connectivity index (χ1) is 13.9. The van der Waals surface area contributed by atoms with E-state index in [4.69, 9.17) is 0 Å². The summed E-state index contributed by atoms with van der Waals surface area (Å²) < 4.78 is 0. The molecule has 2 N–H and O–H groups in total. The molecule has 1 aliphatic rings. The monoisotopic (exact) mass is 370 g/mol. The third kappa shape index (κ3) is 4.04. The highest BCUT2D eigenvalue weighted by Crippen LogP contribution is 2.36. The maximum absolute atomic E-state index is 3.78. The van der Waals surface area contributed by atoms with Gasteiger partial charge in [0.05, 0.1) is 0 Å². The van der Waals surface area contributed by atoms with Crippen LogP contribution in [0, 0.1) is 5.92 Å². The lowest BCUT2D eigenvalue weighted by Gasteiger charge is -2.38. The smallest absolute Gasteiger partial charge is 0.107 e. The van der Waals surface area contributed by atoms with Crippen molar-refractivity contribution in [2.45, 2.75) is 37.6 Å². The van der Waals surface area contributed by atoms with Crippen LogP contribution < -0.4 is 10.9 Å². The van der Waals surface area contributed by atoms with E-state index < -0.39 is 5.54 Å². The van der Waals surface area contributed by atoms with Crippen LogP contribution in [0.1, 0.15) is 48.8 Å². The second-order valence-corrected chi connectivity index (χ2v) is 7.86. The average Bonchev–Trinajstić information content (AvgIpc) is 2.79. The second kappa shape index (κ2) is 9.18. The van der Waals surface area contributed by atoms with Crippen LogP contribution in [0.5, 0.6) is 0 Å². The fourth-order valence-electron chi connectivity index (χ4n) is 4.50. The number of benzene rings is 3. The summed E-state index contributed by atoms with van der Waals surface area (Å²) in [7, 11) is 0. The predicted octanol–water partition coefficient (Wildman–Crippen LogP) is 5.65. The van der Waals surface area contributed by atoms with Gasteiger partial charge in [-0.3, -0.25) is 5.43 Å². The molecule has 0 aromatic heterocycles. The molecule has 0 unspecified atom stereocenters. The third-order valence-corrected chi connectivity index (χ3v) is 6.01. The molecule has 1 aliphatic carbocycles. The standard InChI is InChI=1S/C26H30N2/c1-5-13-22(14-6-1)21-27-28-26(23-15-7-2-8-16-23,24-17-9-3-10-18-24)25-19-11-4-12-20-25/h2-4,7-12,15-20,22,27-28H,1,5-6,13-14,21H2. The number of hydrazine groups is 1. The first-order valence-electron chi connectivity index (χ1n) is 10.6. The van der Waals surface area contributed by atoms with E-state index in [0.717, 1.165) is 12.5 Å². The number of nitrogens with one attached hydrogen (secondary N) is 2. The lowest BCUT2D eigenvalue weighted by Crippen LogP contribution is -2.52. The van der Waals surface area contributed by atoms with E-state index >= 15 is 0 Å². The van der Waals surface area contributed by atoms with Crippen LogP contribution in [0.4, 0.5) is 0 Å². The molecule has 4 rings (SSSR count). The van der Waals surface area contributed by atoms with Gasteiger partial charge < -0.3 is 0 Å². The maximum Gasteiger partial charge on any atom is 0.107 e. The van der Waals surface area contributed by atoms with Gasteiger partial charge in [0, 0.05) is 6.54 Å². The van der Waals surface area contributed by atoms with Gasteiger partial charge in [0.25, 0.3) is 0 Å². The van der Waals surface area contributed by atoms with Crippen molar-refractivity contribution in [2.75, 3.05) is 6.54 Å². The largest absolute Gasteiger partial charge is 0.256 e. The first kappa shape index (κ1) is 18.9. The summed E-state index contributed by atoms with van der Waals surface area (Å²) in [5, 5.41) is 0. The summed E-state index contributed by atoms with van der Waals surface area (Å²) in [4.78, 5) is 0. The Morgan fingerprint density at radius 1 is 0.607 bits per heavy atom. The quantitative estimate of drug-likeness (QED) is 0.415. The molecule has 144 valence electrons. The lowest BCUT2D eigenvalue weighted by molar-refractivity contribution is 0.299. The van der Waals surface area contributed by atoms with Crippen molar-refractivity contribution in [3.05, 3.63) is 108 Å². The highest BCUT2D eigenvalue weighted by Gasteiger charge is 2.36. The molecule has 0 bridgehead atoms. The predicted molar refractivity (Wildman–Crippen MR) is 117 cm³/mol. The molecule has 2 nitrogen and oxygen atoms in total. The Labute approximate surface area is 169 Å². The Morgan fingerprint density at radius 2 is 1.04 bits per heavy atom. The molecule has 2 heteroatoms. The van der Waals surface area contributed by atoms with Gasteiger partial charge in [-0.1, -0.05) is 110 Å². The summed E-state index contributed by atoms with van der Waals surface area (Å²) in [6.07, 6.45) is 6.81. The SMILES string of the molecule is c1ccc(C(NNCC2CCCCC2)(c2ccccc2)c2ccccc2)cc1. The Balaban J connectivity index is 1.72. The van der Waals surface area contributed by atoms with Crippen LogP contribution in [-0.4, -0.2) is 6.54 Å². The first-order valence-corrected chi connectivity index (χ1v) is 10.6. The van der Waals surface area contributed by atoms with Gasteiger partial charge in [-0.25, -0.2) is 5.43 Å². The van der Waals surface area contributed by atoms with Crippen LogP contribution in [0.15, 0.2) is 91.0 Å². The van der Waals surface area contributed by atoms with Crippen molar-refractivity contribution in [3.8, 4) is 0 Å². The van der Waals surface area contributed by atoms with Crippen LogP contribution in [0.3, 0.4) is 0 Å². The summed E-state index contributed by atoms with van der Waals surface area (Å²) in [5.74, 6) is 0.765. The molecule has 3 aromatic carbocycles. The molecule has 0 aliphatic heterocycles. The van der Waals surface area contributed by atoms with Gasteiger partial charge in [-0.05, 0) is 35.4 Å². The average molecular weight is 371 g/mol. The van der Waals surface area contributed by atoms with Gasteiger partial charge in [-0.15, -0.1) is 0 Å². The molecular weight excluding hydrogens is 340 g/mol. The minimum atomic E-state index is -0.432. The van der Waals surface area contributed by atoms with Crippen LogP contribution in [-0.2, 0) is 5.54 Å². The van der Waals surface area contributed by atoms with Gasteiger partial charge in [-0.2, -0.15) is 0 Å². The minimum absolute atomic E-state index is 0.432. The number of hydrogen-bond acceptors (Lipinski definition) is 2. The summed E-state index contributed by atoms with van der Waals surface area (Å²) in [6.45, 7) is 1.01. The molecule has 0 saturated heterocycles. The third-order valence-electron chi connectivity index (χ3n) is 6.01. The van der Waals surface area contributed by atoms with Crippen molar-refractivity contribution in [1.29, 1.82) is 0 Å². The molecule has 1 saturated carbocycles. The zero-order chi connectivity index (χ0) is 19.1. The van der Waals surface area contributed by atoms with E-state index in [-0.39, 0.29) is 0 Å². The Morgan fingerprint density at radius 3 is 1.46 bits per heavy atom. The second-order valence-electron chi connectivity index (χ2n) is 7.86. The molecule has 0 amide bonds. The Bertz CT molecular complexity index is 727. The molecule has 0 radical (unpaired) electrons. The van der Waals surface area contributed by atoms with Crippen molar-refractivity contribution >= 4 is 0 Å². The Kier molecular flexibility index (Phi) is 6.20. The molecule has 0 heterocycles. The fourth-order valence-corrected chi connectivity index (χ4v) is 4.50. The summed E-state index contributed by atoms with van der Waals surface area (Å²) in [6, 6.07) is 32.3.